The lowest BCUT2D eigenvalue weighted by Gasteiger charge is -2.30. The molecule has 0 heterocycles. The molecule has 0 spiro atoms. The van der Waals surface area contributed by atoms with Crippen molar-refractivity contribution in [2.45, 2.75) is 44.9 Å². The number of hydrogen-bond acceptors (Lipinski definition) is 1. The molecule has 1 nitrogen and oxygen atoms in total. The molecule has 2 rings (SSSR count). The lowest BCUT2D eigenvalue weighted by atomic mass is 9.72. The minimum absolute atomic E-state index is 0.181. The van der Waals surface area contributed by atoms with E-state index in [-0.39, 0.29) is 5.41 Å². The second kappa shape index (κ2) is 5.99. The molecule has 18 heavy (non-hydrogen) atoms. The van der Waals surface area contributed by atoms with Crippen LogP contribution in [0.1, 0.15) is 44.1 Å². The first-order valence-corrected chi connectivity index (χ1v) is 6.95. The second-order valence-electron chi connectivity index (χ2n) is 5.42. The molecule has 1 atom stereocenters. The standard InChI is InChI=1S/C17H22O/c1-2-12-17(13-8-4-7-11-16(17)18)14-15-9-5-3-6-10-15/h2-3,5-6,9-10H,1,4,7-8,11-14H2. The molecule has 1 aromatic rings. The summed E-state index contributed by atoms with van der Waals surface area (Å²) in [4.78, 5) is 12.5. The molecule has 1 heteroatoms. The summed E-state index contributed by atoms with van der Waals surface area (Å²) in [5.74, 6) is 0.448. The van der Waals surface area contributed by atoms with Crippen molar-refractivity contribution in [3.8, 4) is 0 Å². The fourth-order valence-corrected chi connectivity index (χ4v) is 3.07. The van der Waals surface area contributed by atoms with Crippen LogP contribution in [0.3, 0.4) is 0 Å². The highest BCUT2D eigenvalue weighted by Gasteiger charge is 2.37. The Hall–Kier alpha value is -1.37. The zero-order chi connectivity index (χ0) is 12.8. The van der Waals surface area contributed by atoms with Crippen molar-refractivity contribution in [1.29, 1.82) is 0 Å². The van der Waals surface area contributed by atoms with Gasteiger partial charge in [-0.3, -0.25) is 4.79 Å². The number of benzene rings is 1. The maximum Gasteiger partial charge on any atom is 0.139 e. The van der Waals surface area contributed by atoms with Gasteiger partial charge in [-0.1, -0.05) is 49.2 Å². The number of carbonyl (C=O) groups excluding carboxylic acids is 1. The molecular weight excluding hydrogens is 220 g/mol. The predicted octanol–water partition coefficient (Wildman–Crippen LogP) is 4.32. The average molecular weight is 242 g/mol. The number of carbonyl (C=O) groups is 1. The van der Waals surface area contributed by atoms with Crippen LogP contribution in [-0.2, 0) is 11.2 Å². The van der Waals surface area contributed by atoms with Crippen molar-refractivity contribution >= 4 is 5.78 Å². The van der Waals surface area contributed by atoms with Gasteiger partial charge in [0, 0.05) is 11.8 Å². The summed E-state index contributed by atoms with van der Waals surface area (Å²) in [7, 11) is 0. The van der Waals surface area contributed by atoms with Gasteiger partial charge in [0.15, 0.2) is 0 Å². The molecule has 1 fully saturated rings. The van der Waals surface area contributed by atoms with Crippen molar-refractivity contribution in [2.24, 2.45) is 5.41 Å². The molecule has 96 valence electrons. The van der Waals surface area contributed by atoms with Gasteiger partial charge in [-0.15, -0.1) is 6.58 Å². The highest BCUT2D eigenvalue weighted by atomic mass is 16.1. The first-order valence-electron chi connectivity index (χ1n) is 6.95. The molecule has 0 amide bonds. The van der Waals surface area contributed by atoms with Gasteiger partial charge in [0.25, 0.3) is 0 Å². The summed E-state index contributed by atoms with van der Waals surface area (Å²) in [6, 6.07) is 10.4. The van der Waals surface area contributed by atoms with Gasteiger partial charge in [-0.05, 0) is 31.2 Å². The summed E-state index contributed by atoms with van der Waals surface area (Å²) in [5, 5.41) is 0. The van der Waals surface area contributed by atoms with Crippen molar-refractivity contribution < 1.29 is 4.79 Å². The molecular formula is C17H22O. The lowest BCUT2D eigenvalue weighted by Crippen LogP contribution is -2.32. The van der Waals surface area contributed by atoms with E-state index in [2.05, 4.69) is 30.8 Å². The van der Waals surface area contributed by atoms with E-state index in [1.807, 2.05) is 12.1 Å². The summed E-state index contributed by atoms with van der Waals surface area (Å²) >= 11 is 0. The minimum atomic E-state index is -0.181. The Morgan fingerprint density at radius 1 is 1.17 bits per heavy atom. The molecule has 0 bridgehead atoms. The van der Waals surface area contributed by atoms with Crippen LogP contribution in [0.15, 0.2) is 43.0 Å². The Labute approximate surface area is 110 Å². The van der Waals surface area contributed by atoms with E-state index in [0.29, 0.717) is 5.78 Å². The molecule has 1 aliphatic rings. The fraction of sp³-hybridized carbons (Fsp3) is 0.471. The van der Waals surface area contributed by atoms with E-state index < -0.39 is 0 Å². The second-order valence-corrected chi connectivity index (χ2v) is 5.42. The van der Waals surface area contributed by atoms with Crippen LogP contribution in [0, 0.1) is 5.41 Å². The molecule has 0 aromatic heterocycles. The first kappa shape index (κ1) is 13.1. The summed E-state index contributed by atoms with van der Waals surface area (Å²) in [5.41, 5.74) is 1.09. The van der Waals surface area contributed by atoms with E-state index in [9.17, 15) is 4.79 Å². The van der Waals surface area contributed by atoms with E-state index in [1.54, 1.807) is 0 Å². The Morgan fingerprint density at radius 2 is 1.94 bits per heavy atom. The maximum atomic E-state index is 12.5. The number of hydrogen-bond donors (Lipinski definition) is 0. The topological polar surface area (TPSA) is 17.1 Å². The number of allylic oxidation sites excluding steroid dienone is 1. The van der Waals surface area contributed by atoms with Gasteiger partial charge >= 0.3 is 0 Å². The molecule has 0 aliphatic heterocycles. The van der Waals surface area contributed by atoms with Gasteiger partial charge in [0.05, 0.1) is 0 Å². The van der Waals surface area contributed by atoms with Gasteiger partial charge in [0.1, 0.15) is 5.78 Å². The quantitative estimate of drug-likeness (QED) is 0.567. The predicted molar refractivity (Wildman–Crippen MR) is 75.5 cm³/mol. The highest BCUT2D eigenvalue weighted by molar-refractivity contribution is 5.85. The van der Waals surface area contributed by atoms with Crippen molar-refractivity contribution in [2.75, 3.05) is 0 Å². The minimum Gasteiger partial charge on any atom is -0.299 e. The molecule has 1 aliphatic carbocycles. The Morgan fingerprint density at radius 3 is 2.67 bits per heavy atom. The van der Waals surface area contributed by atoms with Crippen molar-refractivity contribution in [3.05, 3.63) is 48.6 Å². The largest absolute Gasteiger partial charge is 0.299 e. The summed E-state index contributed by atoms with van der Waals surface area (Å²) < 4.78 is 0. The van der Waals surface area contributed by atoms with Crippen LogP contribution in [0.4, 0.5) is 0 Å². The Kier molecular flexibility index (Phi) is 4.35. The van der Waals surface area contributed by atoms with E-state index >= 15 is 0 Å². The third-order valence-corrected chi connectivity index (χ3v) is 4.07. The third kappa shape index (κ3) is 2.90. The summed E-state index contributed by atoms with van der Waals surface area (Å²) in [6.45, 7) is 3.85. The summed E-state index contributed by atoms with van der Waals surface area (Å²) in [6.07, 6.45) is 8.82. The smallest absolute Gasteiger partial charge is 0.139 e. The van der Waals surface area contributed by atoms with Crippen LogP contribution >= 0.6 is 0 Å². The normalized spacial score (nSPS) is 24.6. The molecule has 1 unspecified atom stereocenters. The van der Waals surface area contributed by atoms with Gasteiger partial charge < -0.3 is 0 Å². The average Bonchev–Trinajstić information content (AvgIpc) is 2.55. The zero-order valence-corrected chi connectivity index (χ0v) is 11.0. The fourth-order valence-electron chi connectivity index (χ4n) is 3.07. The zero-order valence-electron chi connectivity index (χ0n) is 11.0. The van der Waals surface area contributed by atoms with Crippen molar-refractivity contribution in [3.63, 3.8) is 0 Å². The molecule has 0 saturated heterocycles. The van der Waals surface area contributed by atoms with E-state index in [1.165, 1.54) is 18.4 Å². The molecule has 0 radical (unpaired) electrons. The third-order valence-electron chi connectivity index (χ3n) is 4.07. The van der Waals surface area contributed by atoms with Crippen LogP contribution in [0.5, 0.6) is 0 Å². The van der Waals surface area contributed by atoms with Crippen LogP contribution in [-0.4, -0.2) is 5.78 Å². The molecule has 0 N–H and O–H groups in total. The van der Waals surface area contributed by atoms with Crippen LogP contribution < -0.4 is 0 Å². The number of rotatable bonds is 4. The number of ketones is 1. The highest BCUT2D eigenvalue weighted by Crippen LogP contribution is 2.38. The van der Waals surface area contributed by atoms with Crippen LogP contribution in [0.25, 0.3) is 0 Å². The molecule has 1 aromatic carbocycles. The van der Waals surface area contributed by atoms with Gasteiger partial charge in [-0.25, -0.2) is 0 Å². The SMILES string of the molecule is C=CCC1(Cc2ccccc2)CCCCCC1=O. The Balaban J connectivity index is 2.24. The monoisotopic (exact) mass is 242 g/mol. The van der Waals surface area contributed by atoms with Gasteiger partial charge in [0.2, 0.25) is 0 Å². The van der Waals surface area contributed by atoms with Crippen LogP contribution in [0.2, 0.25) is 0 Å². The van der Waals surface area contributed by atoms with Gasteiger partial charge in [-0.2, -0.15) is 0 Å². The van der Waals surface area contributed by atoms with E-state index in [4.69, 9.17) is 0 Å². The van der Waals surface area contributed by atoms with Crippen molar-refractivity contribution in [1.82, 2.24) is 0 Å². The van der Waals surface area contributed by atoms with E-state index in [0.717, 1.165) is 32.1 Å². The maximum absolute atomic E-state index is 12.5. The lowest BCUT2D eigenvalue weighted by molar-refractivity contribution is -0.128. The molecule has 1 saturated carbocycles. The number of Topliss-reactive ketones (excluding diaryl/α,β-unsaturated/α-hetero) is 1. The Bertz CT molecular complexity index is 407. The first-order chi connectivity index (χ1) is 8.77.